The summed E-state index contributed by atoms with van der Waals surface area (Å²) in [6, 6.07) is 9.45. The number of nitriles is 1. The van der Waals surface area contributed by atoms with Gasteiger partial charge in [0, 0.05) is 18.0 Å². The molecule has 2 N–H and O–H groups in total. The molecule has 0 bridgehead atoms. The van der Waals surface area contributed by atoms with Crippen molar-refractivity contribution in [3.05, 3.63) is 42.1 Å². The lowest BCUT2D eigenvalue weighted by Crippen LogP contribution is -2.40. The minimum atomic E-state index is -1.16. The summed E-state index contributed by atoms with van der Waals surface area (Å²) in [6.45, 7) is 0. The molecule has 1 aromatic carbocycles. The van der Waals surface area contributed by atoms with E-state index in [9.17, 15) is 9.59 Å². The minimum absolute atomic E-state index is 0.0638. The zero-order valence-electron chi connectivity index (χ0n) is 11.1. The normalized spacial score (nSPS) is 11.6. The summed E-state index contributed by atoms with van der Waals surface area (Å²) < 4.78 is 0. The number of para-hydroxylation sites is 1. The molecule has 6 heteroatoms. The molecule has 0 unspecified atom stereocenters. The van der Waals surface area contributed by atoms with Crippen molar-refractivity contribution in [2.24, 2.45) is 0 Å². The summed E-state index contributed by atoms with van der Waals surface area (Å²) in [4.78, 5) is 27.5. The molecular weight excluding hydrogens is 270 g/mol. The Morgan fingerprint density at radius 1 is 1.33 bits per heavy atom. The third-order valence-corrected chi connectivity index (χ3v) is 3.04. The lowest BCUT2D eigenvalue weighted by Gasteiger charge is -2.13. The SMILES string of the molecule is N#CCC[C@H](NC(=O)c1ccnc2ccccc12)C(=O)O. The first-order valence-electron chi connectivity index (χ1n) is 6.38. The van der Waals surface area contributed by atoms with E-state index in [-0.39, 0.29) is 12.8 Å². The average molecular weight is 283 g/mol. The first kappa shape index (κ1) is 14.5. The lowest BCUT2D eigenvalue weighted by atomic mass is 10.1. The molecule has 1 atom stereocenters. The number of carbonyl (C=O) groups excluding carboxylic acids is 1. The van der Waals surface area contributed by atoms with Crippen LogP contribution in [0.3, 0.4) is 0 Å². The van der Waals surface area contributed by atoms with Crippen molar-refractivity contribution in [2.45, 2.75) is 18.9 Å². The molecule has 0 radical (unpaired) electrons. The number of hydrogen-bond acceptors (Lipinski definition) is 4. The van der Waals surface area contributed by atoms with E-state index in [4.69, 9.17) is 10.4 Å². The van der Waals surface area contributed by atoms with Gasteiger partial charge in [-0.1, -0.05) is 18.2 Å². The maximum atomic E-state index is 12.3. The van der Waals surface area contributed by atoms with Gasteiger partial charge in [0.15, 0.2) is 0 Å². The van der Waals surface area contributed by atoms with Gasteiger partial charge in [0.1, 0.15) is 6.04 Å². The van der Waals surface area contributed by atoms with Crippen molar-refractivity contribution >= 4 is 22.8 Å². The maximum Gasteiger partial charge on any atom is 0.326 e. The predicted molar refractivity (Wildman–Crippen MR) is 75.5 cm³/mol. The van der Waals surface area contributed by atoms with Gasteiger partial charge in [-0.3, -0.25) is 9.78 Å². The van der Waals surface area contributed by atoms with Crippen LogP contribution in [-0.2, 0) is 4.79 Å². The molecule has 0 aliphatic rings. The Bertz CT molecular complexity index is 716. The quantitative estimate of drug-likeness (QED) is 0.869. The van der Waals surface area contributed by atoms with Crippen molar-refractivity contribution in [3.63, 3.8) is 0 Å². The predicted octanol–water partition coefficient (Wildman–Crippen LogP) is 1.72. The van der Waals surface area contributed by atoms with Gasteiger partial charge >= 0.3 is 5.97 Å². The molecule has 21 heavy (non-hydrogen) atoms. The second-order valence-corrected chi connectivity index (χ2v) is 4.44. The fourth-order valence-corrected chi connectivity index (χ4v) is 2.00. The number of carbonyl (C=O) groups is 2. The third-order valence-electron chi connectivity index (χ3n) is 3.04. The van der Waals surface area contributed by atoms with Crippen molar-refractivity contribution in [3.8, 4) is 6.07 Å². The van der Waals surface area contributed by atoms with E-state index in [2.05, 4.69) is 10.3 Å². The van der Waals surface area contributed by atoms with Crippen molar-refractivity contribution in [1.29, 1.82) is 5.26 Å². The highest BCUT2D eigenvalue weighted by molar-refractivity contribution is 6.06. The first-order chi connectivity index (χ1) is 10.1. The fourth-order valence-electron chi connectivity index (χ4n) is 2.00. The second kappa shape index (κ2) is 6.48. The van der Waals surface area contributed by atoms with Crippen LogP contribution in [-0.4, -0.2) is 28.0 Å². The molecule has 2 rings (SSSR count). The minimum Gasteiger partial charge on any atom is -0.480 e. The van der Waals surface area contributed by atoms with Crippen LogP contribution in [0.5, 0.6) is 0 Å². The topological polar surface area (TPSA) is 103 Å². The van der Waals surface area contributed by atoms with Crippen LogP contribution in [0.25, 0.3) is 10.9 Å². The molecule has 1 aromatic heterocycles. The molecule has 6 nitrogen and oxygen atoms in total. The van der Waals surface area contributed by atoms with Gasteiger partial charge in [-0.05, 0) is 18.6 Å². The zero-order valence-corrected chi connectivity index (χ0v) is 11.1. The highest BCUT2D eigenvalue weighted by Gasteiger charge is 2.21. The molecule has 0 fully saturated rings. The Morgan fingerprint density at radius 3 is 2.81 bits per heavy atom. The molecule has 106 valence electrons. The second-order valence-electron chi connectivity index (χ2n) is 4.44. The molecule has 0 saturated heterocycles. The average Bonchev–Trinajstić information content (AvgIpc) is 2.50. The smallest absolute Gasteiger partial charge is 0.326 e. The lowest BCUT2D eigenvalue weighted by molar-refractivity contribution is -0.139. The van der Waals surface area contributed by atoms with Crippen molar-refractivity contribution in [2.75, 3.05) is 0 Å². The third kappa shape index (κ3) is 3.34. The monoisotopic (exact) mass is 283 g/mol. The van der Waals surface area contributed by atoms with E-state index in [1.807, 2.05) is 12.1 Å². The van der Waals surface area contributed by atoms with Gasteiger partial charge in [0.2, 0.25) is 0 Å². The number of fused-ring (bicyclic) bond motifs is 1. The highest BCUT2D eigenvalue weighted by Crippen LogP contribution is 2.16. The Hall–Kier alpha value is -2.94. The van der Waals surface area contributed by atoms with Gasteiger partial charge in [0.25, 0.3) is 5.91 Å². The summed E-state index contributed by atoms with van der Waals surface area (Å²) in [5.74, 6) is -1.64. The summed E-state index contributed by atoms with van der Waals surface area (Å²) in [5, 5.41) is 20.7. The van der Waals surface area contributed by atoms with Gasteiger partial charge in [-0.2, -0.15) is 5.26 Å². The molecule has 0 aliphatic carbocycles. The molecule has 1 amide bonds. The van der Waals surface area contributed by atoms with Crippen LogP contribution >= 0.6 is 0 Å². The Balaban J connectivity index is 2.26. The van der Waals surface area contributed by atoms with Crippen LogP contribution in [0.2, 0.25) is 0 Å². The number of aliphatic carboxylic acids is 1. The Morgan fingerprint density at radius 2 is 2.10 bits per heavy atom. The van der Waals surface area contributed by atoms with Crippen LogP contribution in [0.4, 0.5) is 0 Å². The van der Waals surface area contributed by atoms with Gasteiger partial charge in [0.05, 0.1) is 17.1 Å². The van der Waals surface area contributed by atoms with E-state index >= 15 is 0 Å². The van der Waals surface area contributed by atoms with E-state index < -0.39 is 17.9 Å². The molecule has 0 saturated carbocycles. The largest absolute Gasteiger partial charge is 0.480 e. The molecule has 0 aliphatic heterocycles. The number of carboxylic acid groups (broad SMARTS) is 1. The van der Waals surface area contributed by atoms with Crippen molar-refractivity contribution < 1.29 is 14.7 Å². The fraction of sp³-hybridized carbons (Fsp3) is 0.200. The van der Waals surface area contributed by atoms with Crippen molar-refractivity contribution in [1.82, 2.24) is 10.3 Å². The summed E-state index contributed by atoms with van der Waals surface area (Å²) in [6.07, 6.45) is 1.64. The maximum absolute atomic E-state index is 12.3. The Kier molecular flexibility index (Phi) is 4.46. The summed E-state index contributed by atoms with van der Waals surface area (Å²) in [7, 11) is 0. The summed E-state index contributed by atoms with van der Waals surface area (Å²) >= 11 is 0. The first-order valence-corrected chi connectivity index (χ1v) is 6.38. The number of carboxylic acids is 1. The van der Waals surface area contributed by atoms with Gasteiger partial charge < -0.3 is 10.4 Å². The van der Waals surface area contributed by atoms with E-state index in [0.717, 1.165) is 0 Å². The number of pyridine rings is 1. The number of hydrogen-bond donors (Lipinski definition) is 2. The number of amides is 1. The molecule has 0 spiro atoms. The number of benzene rings is 1. The number of nitrogens with one attached hydrogen (secondary N) is 1. The number of nitrogens with zero attached hydrogens (tertiary/aromatic N) is 2. The number of aromatic nitrogens is 1. The zero-order chi connectivity index (χ0) is 15.2. The van der Waals surface area contributed by atoms with Crippen LogP contribution in [0.15, 0.2) is 36.5 Å². The van der Waals surface area contributed by atoms with Crippen LogP contribution < -0.4 is 5.32 Å². The standard InChI is InChI=1S/C15H13N3O3/c16-8-3-6-13(15(20)21)18-14(19)11-7-9-17-12-5-2-1-4-10(11)12/h1-2,4-5,7,9,13H,3,6H2,(H,18,19)(H,20,21)/t13-/m0/s1. The van der Waals surface area contributed by atoms with E-state index in [1.54, 1.807) is 24.3 Å². The molecule has 2 aromatic rings. The van der Waals surface area contributed by atoms with E-state index in [0.29, 0.717) is 16.5 Å². The molecular formula is C15H13N3O3. The number of rotatable bonds is 5. The Labute approximate surface area is 121 Å². The van der Waals surface area contributed by atoms with Crippen LogP contribution in [0.1, 0.15) is 23.2 Å². The highest BCUT2D eigenvalue weighted by atomic mass is 16.4. The van der Waals surface area contributed by atoms with E-state index in [1.165, 1.54) is 6.20 Å². The van der Waals surface area contributed by atoms with Crippen LogP contribution in [0, 0.1) is 11.3 Å². The van der Waals surface area contributed by atoms with Gasteiger partial charge in [-0.25, -0.2) is 4.79 Å². The molecule has 1 heterocycles. The summed E-state index contributed by atoms with van der Waals surface area (Å²) in [5.41, 5.74) is 1.03. The van der Waals surface area contributed by atoms with Gasteiger partial charge in [-0.15, -0.1) is 0 Å².